The summed E-state index contributed by atoms with van der Waals surface area (Å²) in [6, 6.07) is 0. The number of nitrogens with two attached hydrogens (primary N) is 1. The highest BCUT2D eigenvalue weighted by Crippen LogP contribution is 2.26. The van der Waals surface area contributed by atoms with Gasteiger partial charge in [0.2, 0.25) is 0 Å². The lowest BCUT2D eigenvalue weighted by Gasteiger charge is -2.35. The third kappa shape index (κ3) is 5.35. The molecule has 156 valence electrons. The van der Waals surface area contributed by atoms with Gasteiger partial charge in [0.1, 0.15) is 12.0 Å². The predicted octanol–water partition coefficient (Wildman–Crippen LogP) is 0.472. The van der Waals surface area contributed by atoms with Gasteiger partial charge in [-0.15, -0.1) is 0 Å². The van der Waals surface area contributed by atoms with Crippen LogP contribution in [0.15, 0.2) is 6.33 Å². The summed E-state index contributed by atoms with van der Waals surface area (Å²) in [5.74, 6) is 1.38. The molecular formula is C18H31N7O3. The minimum Gasteiger partial charge on any atom is -0.450 e. The number of piperazine rings is 1. The number of carbonyl (C=O) groups is 1. The number of rotatable bonds is 7. The van der Waals surface area contributed by atoms with E-state index in [-0.39, 0.29) is 6.09 Å². The minimum absolute atomic E-state index is 0.263. The number of carbonyl (C=O) groups excluding carboxylic acids is 1. The topological polar surface area (TPSA) is 109 Å². The Hall–Kier alpha value is -2.33. The molecule has 2 aliphatic heterocycles. The van der Waals surface area contributed by atoms with Crippen LogP contribution in [-0.4, -0.2) is 98.0 Å². The van der Waals surface area contributed by atoms with E-state index in [1.807, 2.05) is 6.92 Å². The molecule has 1 amide bonds. The summed E-state index contributed by atoms with van der Waals surface area (Å²) in [6.45, 7) is 10.2. The number of nitrogens with one attached hydrogen (secondary N) is 1. The van der Waals surface area contributed by atoms with E-state index in [1.54, 1.807) is 4.90 Å². The zero-order chi connectivity index (χ0) is 19.8. The Labute approximate surface area is 166 Å². The normalized spacial score (nSPS) is 18.2. The van der Waals surface area contributed by atoms with Gasteiger partial charge in [0.25, 0.3) is 0 Å². The highest BCUT2D eigenvalue weighted by molar-refractivity contribution is 5.75. The molecule has 2 fully saturated rings. The molecule has 0 atom stereocenters. The molecule has 0 aromatic carbocycles. The lowest BCUT2D eigenvalue weighted by molar-refractivity contribution is 0.0378. The molecule has 3 N–H and O–H groups in total. The van der Waals surface area contributed by atoms with Crippen molar-refractivity contribution in [1.29, 1.82) is 0 Å². The first-order valence-electron chi connectivity index (χ1n) is 10.00. The molecule has 0 spiro atoms. The van der Waals surface area contributed by atoms with Crippen molar-refractivity contribution in [1.82, 2.24) is 19.8 Å². The van der Waals surface area contributed by atoms with Crippen LogP contribution >= 0.6 is 0 Å². The van der Waals surface area contributed by atoms with E-state index < -0.39 is 0 Å². The standard InChI is InChI=1S/C18H31N7O3/c1-2-28-18(26)25-8-6-24(7-9-25)17-15(19)16(21-14-22-17)20-4-3-5-23-10-12-27-13-11-23/h14H,2-13,19H2,1H3,(H,20,21,22). The number of amides is 1. The quantitative estimate of drug-likeness (QED) is 0.639. The fourth-order valence-corrected chi connectivity index (χ4v) is 3.43. The second-order valence-electron chi connectivity index (χ2n) is 6.87. The van der Waals surface area contributed by atoms with Crippen LogP contribution in [0, 0.1) is 0 Å². The van der Waals surface area contributed by atoms with Crippen molar-refractivity contribution in [3.8, 4) is 0 Å². The lowest BCUT2D eigenvalue weighted by atomic mass is 10.3. The maximum atomic E-state index is 11.8. The number of nitrogen functional groups attached to an aromatic ring is 1. The number of hydrogen-bond donors (Lipinski definition) is 2. The lowest BCUT2D eigenvalue weighted by Crippen LogP contribution is -2.49. The predicted molar refractivity (Wildman–Crippen MR) is 108 cm³/mol. The monoisotopic (exact) mass is 393 g/mol. The molecular weight excluding hydrogens is 362 g/mol. The average molecular weight is 393 g/mol. The molecule has 0 unspecified atom stereocenters. The van der Waals surface area contributed by atoms with Crippen molar-refractivity contribution < 1.29 is 14.3 Å². The number of ether oxygens (including phenoxy) is 2. The van der Waals surface area contributed by atoms with Gasteiger partial charge < -0.3 is 30.3 Å². The van der Waals surface area contributed by atoms with Crippen LogP contribution < -0.4 is 16.0 Å². The zero-order valence-corrected chi connectivity index (χ0v) is 16.6. The molecule has 2 aliphatic rings. The van der Waals surface area contributed by atoms with Crippen LogP contribution in [0.5, 0.6) is 0 Å². The fraction of sp³-hybridized carbons (Fsp3) is 0.722. The molecule has 28 heavy (non-hydrogen) atoms. The summed E-state index contributed by atoms with van der Waals surface area (Å²) < 4.78 is 10.4. The second-order valence-corrected chi connectivity index (χ2v) is 6.87. The Balaban J connectivity index is 1.48. The first-order valence-corrected chi connectivity index (χ1v) is 10.00. The molecule has 1 aromatic rings. The van der Waals surface area contributed by atoms with Gasteiger partial charge in [-0.2, -0.15) is 0 Å². The summed E-state index contributed by atoms with van der Waals surface area (Å²) in [5, 5.41) is 3.33. The fourth-order valence-electron chi connectivity index (χ4n) is 3.43. The first-order chi connectivity index (χ1) is 13.7. The van der Waals surface area contributed by atoms with Gasteiger partial charge in [-0.1, -0.05) is 0 Å². The number of morpholine rings is 1. The van der Waals surface area contributed by atoms with E-state index in [9.17, 15) is 4.79 Å². The van der Waals surface area contributed by atoms with Gasteiger partial charge >= 0.3 is 6.09 Å². The molecule has 0 radical (unpaired) electrons. The largest absolute Gasteiger partial charge is 0.450 e. The zero-order valence-electron chi connectivity index (χ0n) is 16.6. The molecule has 3 rings (SSSR count). The Bertz CT molecular complexity index is 632. The van der Waals surface area contributed by atoms with Crippen LogP contribution in [0.3, 0.4) is 0 Å². The molecule has 10 heteroatoms. The first kappa shape index (κ1) is 20.4. The summed E-state index contributed by atoms with van der Waals surface area (Å²) in [4.78, 5) is 26.7. The number of hydrogen-bond acceptors (Lipinski definition) is 9. The Morgan fingerprint density at radius 2 is 1.96 bits per heavy atom. The van der Waals surface area contributed by atoms with Gasteiger partial charge in [0, 0.05) is 45.8 Å². The van der Waals surface area contributed by atoms with Gasteiger partial charge in [-0.3, -0.25) is 4.90 Å². The summed E-state index contributed by atoms with van der Waals surface area (Å²) in [5.41, 5.74) is 6.87. The maximum Gasteiger partial charge on any atom is 0.409 e. The molecule has 2 saturated heterocycles. The molecule has 3 heterocycles. The van der Waals surface area contributed by atoms with Gasteiger partial charge in [-0.25, -0.2) is 14.8 Å². The maximum absolute atomic E-state index is 11.8. The minimum atomic E-state index is -0.263. The second kappa shape index (κ2) is 10.3. The smallest absolute Gasteiger partial charge is 0.409 e. The van der Waals surface area contributed by atoms with Crippen molar-refractivity contribution in [2.45, 2.75) is 13.3 Å². The van der Waals surface area contributed by atoms with Crippen LogP contribution in [0.25, 0.3) is 0 Å². The van der Waals surface area contributed by atoms with E-state index in [4.69, 9.17) is 15.2 Å². The van der Waals surface area contributed by atoms with Crippen LogP contribution in [0.2, 0.25) is 0 Å². The SMILES string of the molecule is CCOC(=O)N1CCN(c2ncnc(NCCCN3CCOCC3)c2N)CC1. The van der Waals surface area contributed by atoms with E-state index in [2.05, 4.69) is 25.1 Å². The third-order valence-corrected chi connectivity index (χ3v) is 5.02. The van der Waals surface area contributed by atoms with Crippen LogP contribution in [-0.2, 0) is 9.47 Å². The highest BCUT2D eigenvalue weighted by atomic mass is 16.6. The average Bonchev–Trinajstić information content (AvgIpc) is 2.73. The van der Waals surface area contributed by atoms with E-state index in [0.717, 1.165) is 45.8 Å². The highest BCUT2D eigenvalue weighted by Gasteiger charge is 2.24. The van der Waals surface area contributed by atoms with Crippen molar-refractivity contribution in [2.75, 3.05) is 88.1 Å². The molecule has 0 aliphatic carbocycles. The third-order valence-electron chi connectivity index (χ3n) is 5.02. The summed E-state index contributed by atoms with van der Waals surface area (Å²) in [6.07, 6.45) is 2.28. The van der Waals surface area contributed by atoms with Gasteiger partial charge in [-0.05, 0) is 19.9 Å². The van der Waals surface area contributed by atoms with E-state index in [0.29, 0.717) is 50.1 Å². The molecule has 10 nitrogen and oxygen atoms in total. The van der Waals surface area contributed by atoms with Crippen LogP contribution in [0.4, 0.5) is 22.1 Å². The van der Waals surface area contributed by atoms with Crippen molar-refractivity contribution in [3.63, 3.8) is 0 Å². The number of aromatic nitrogens is 2. The number of nitrogens with zero attached hydrogens (tertiary/aromatic N) is 5. The Kier molecular flexibility index (Phi) is 7.49. The van der Waals surface area contributed by atoms with E-state index in [1.165, 1.54) is 6.33 Å². The Morgan fingerprint density at radius 3 is 2.68 bits per heavy atom. The van der Waals surface area contributed by atoms with Gasteiger partial charge in [0.05, 0.1) is 19.8 Å². The summed E-state index contributed by atoms with van der Waals surface area (Å²) >= 11 is 0. The van der Waals surface area contributed by atoms with E-state index >= 15 is 0 Å². The molecule has 0 bridgehead atoms. The summed E-state index contributed by atoms with van der Waals surface area (Å²) in [7, 11) is 0. The number of anilines is 3. The molecule has 1 aromatic heterocycles. The van der Waals surface area contributed by atoms with Crippen molar-refractivity contribution in [3.05, 3.63) is 6.33 Å². The van der Waals surface area contributed by atoms with Crippen molar-refractivity contribution >= 4 is 23.4 Å². The Morgan fingerprint density at radius 1 is 1.21 bits per heavy atom. The van der Waals surface area contributed by atoms with Gasteiger partial charge in [0.15, 0.2) is 11.6 Å². The van der Waals surface area contributed by atoms with Crippen molar-refractivity contribution in [2.24, 2.45) is 0 Å². The molecule has 0 saturated carbocycles. The van der Waals surface area contributed by atoms with Crippen LogP contribution in [0.1, 0.15) is 13.3 Å².